The largest absolute Gasteiger partial charge is 0.496 e. The van der Waals surface area contributed by atoms with Crippen LogP contribution in [0.2, 0.25) is 0 Å². The molecule has 128 valence electrons. The lowest BCUT2D eigenvalue weighted by atomic mass is 9.94. The molecule has 0 saturated heterocycles. The number of benzene rings is 1. The number of nitriles is 1. The van der Waals surface area contributed by atoms with E-state index in [1.165, 1.54) is 12.6 Å². The van der Waals surface area contributed by atoms with E-state index in [0.717, 1.165) is 37.0 Å². The molecule has 0 unspecified atom stereocenters. The van der Waals surface area contributed by atoms with Gasteiger partial charge in [0.05, 0.1) is 7.11 Å². The molecule has 1 aromatic carbocycles. The van der Waals surface area contributed by atoms with Crippen molar-refractivity contribution in [3.05, 3.63) is 41.6 Å². The Morgan fingerprint density at radius 1 is 1.38 bits per heavy atom. The third-order valence-corrected chi connectivity index (χ3v) is 4.53. The fraction of sp³-hybridized carbons (Fsp3) is 0.474. The average molecular weight is 327 g/mol. The number of methoxy groups -OCH3 is 1. The van der Waals surface area contributed by atoms with Crippen molar-refractivity contribution in [3.8, 4) is 11.8 Å². The van der Waals surface area contributed by atoms with E-state index >= 15 is 0 Å². The van der Waals surface area contributed by atoms with Crippen molar-refractivity contribution in [2.45, 2.75) is 44.7 Å². The van der Waals surface area contributed by atoms with Gasteiger partial charge in [-0.3, -0.25) is 4.79 Å². The molecule has 0 aromatic heterocycles. The summed E-state index contributed by atoms with van der Waals surface area (Å²) in [6.45, 7) is 0.496. The normalized spacial score (nSPS) is 15.5. The molecule has 24 heavy (non-hydrogen) atoms. The molecule has 5 nitrogen and oxygen atoms in total. The predicted octanol–water partition coefficient (Wildman–Crippen LogP) is 2.98. The first-order valence-corrected chi connectivity index (χ1v) is 8.40. The van der Waals surface area contributed by atoms with E-state index in [1.54, 1.807) is 19.1 Å². The molecule has 1 fully saturated rings. The maximum absolute atomic E-state index is 12.5. The van der Waals surface area contributed by atoms with Crippen LogP contribution in [0.1, 0.15) is 37.7 Å². The monoisotopic (exact) mass is 327 g/mol. The molecule has 1 N–H and O–H groups in total. The van der Waals surface area contributed by atoms with Crippen LogP contribution in [0.4, 0.5) is 0 Å². The molecule has 2 rings (SSSR count). The maximum atomic E-state index is 12.5. The van der Waals surface area contributed by atoms with Crippen LogP contribution in [0.25, 0.3) is 0 Å². The number of ether oxygens (including phenoxy) is 1. The van der Waals surface area contributed by atoms with E-state index in [4.69, 9.17) is 4.74 Å². The lowest BCUT2D eigenvalue weighted by molar-refractivity contribution is -0.128. The maximum Gasteiger partial charge on any atom is 0.265 e. The van der Waals surface area contributed by atoms with Crippen LogP contribution in [0, 0.1) is 11.3 Å². The van der Waals surface area contributed by atoms with Gasteiger partial charge >= 0.3 is 0 Å². The number of hydrogen-bond acceptors (Lipinski definition) is 4. The van der Waals surface area contributed by atoms with Crippen LogP contribution in [-0.2, 0) is 11.3 Å². The van der Waals surface area contributed by atoms with Crippen molar-refractivity contribution in [2.24, 2.45) is 0 Å². The first-order chi connectivity index (χ1) is 11.7. The van der Waals surface area contributed by atoms with Gasteiger partial charge in [-0.05, 0) is 18.9 Å². The van der Waals surface area contributed by atoms with Gasteiger partial charge in [0.15, 0.2) is 0 Å². The molecule has 1 aromatic rings. The van der Waals surface area contributed by atoms with E-state index in [1.807, 2.05) is 30.3 Å². The Hall–Kier alpha value is -2.48. The van der Waals surface area contributed by atoms with Gasteiger partial charge in [0.1, 0.15) is 17.4 Å². The lowest BCUT2D eigenvalue weighted by Gasteiger charge is -2.31. The molecule has 0 heterocycles. The van der Waals surface area contributed by atoms with Crippen LogP contribution in [-0.4, -0.2) is 31.0 Å². The minimum absolute atomic E-state index is 0.137. The van der Waals surface area contributed by atoms with Crippen LogP contribution in [0.3, 0.4) is 0 Å². The SMILES string of the molecule is COc1ccccc1CN/C=C(/C#N)C(=O)N(C)C1CCCCC1. The molecule has 0 spiro atoms. The van der Waals surface area contributed by atoms with Crippen LogP contribution >= 0.6 is 0 Å². The highest BCUT2D eigenvalue weighted by Gasteiger charge is 2.24. The van der Waals surface area contributed by atoms with Gasteiger partial charge in [-0.25, -0.2) is 0 Å². The number of likely N-dealkylation sites (N-methyl/N-ethyl adjacent to an activating group) is 1. The van der Waals surface area contributed by atoms with Crippen molar-refractivity contribution in [1.82, 2.24) is 10.2 Å². The van der Waals surface area contributed by atoms with Crippen molar-refractivity contribution < 1.29 is 9.53 Å². The number of carbonyl (C=O) groups is 1. The van der Waals surface area contributed by atoms with Crippen molar-refractivity contribution in [2.75, 3.05) is 14.2 Å². The van der Waals surface area contributed by atoms with Crippen molar-refractivity contribution in [3.63, 3.8) is 0 Å². The van der Waals surface area contributed by atoms with E-state index in [0.29, 0.717) is 6.54 Å². The van der Waals surface area contributed by atoms with Gasteiger partial charge in [-0.1, -0.05) is 37.5 Å². The summed E-state index contributed by atoms with van der Waals surface area (Å²) in [4.78, 5) is 14.2. The summed E-state index contributed by atoms with van der Waals surface area (Å²) in [5.41, 5.74) is 1.11. The van der Waals surface area contributed by atoms with E-state index in [9.17, 15) is 10.1 Å². The first kappa shape index (κ1) is 17.9. The van der Waals surface area contributed by atoms with Gasteiger partial charge in [-0.15, -0.1) is 0 Å². The molecule has 1 aliphatic rings. The molecule has 1 amide bonds. The number of para-hydroxylation sites is 1. The number of rotatable bonds is 6. The fourth-order valence-electron chi connectivity index (χ4n) is 3.08. The minimum Gasteiger partial charge on any atom is -0.496 e. The zero-order chi connectivity index (χ0) is 17.4. The van der Waals surface area contributed by atoms with Gasteiger partial charge in [0.25, 0.3) is 5.91 Å². The Morgan fingerprint density at radius 2 is 2.08 bits per heavy atom. The third-order valence-electron chi connectivity index (χ3n) is 4.53. The zero-order valence-electron chi connectivity index (χ0n) is 14.4. The lowest BCUT2D eigenvalue weighted by Crippen LogP contribution is -2.39. The summed E-state index contributed by atoms with van der Waals surface area (Å²) >= 11 is 0. The van der Waals surface area contributed by atoms with Crippen molar-refractivity contribution >= 4 is 5.91 Å². The summed E-state index contributed by atoms with van der Waals surface area (Å²) in [7, 11) is 3.42. The third kappa shape index (κ3) is 4.51. The summed E-state index contributed by atoms with van der Waals surface area (Å²) in [6, 6.07) is 9.92. The van der Waals surface area contributed by atoms with Crippen LogP contribution in [0.5, 0.6) is 5.75 Å². The molecule has 0 atom stereocenters. The zero-order valence-corrected chi connectivity index (χ0v) is 14.4. The first-order valence-electron chi connectivity index (χ1n) is 8.40. The number of hydrogen-bond donors (Lipinski definition) is 1. The summed E-state index contributed by atoms with van der Waals surface area (Å²) in [5.74, 6) is 0.569. The standard InChI is InChI=1S/C19H25N3O2/c1-22(17-9-4-3-5-10-17)19(23)16(12-20)14-21-13-15-8-6-7-11-18(15)24-2/h6-8,11,14,17,21H,3-5,9-10,13H2,1-2H3/b16-14-. The number of nitrogens with zero attached hydrogens (tertiary/aromatic N) is 2. The molecular weight excluding hydrogens is 302 g/mol. The van der Waals surface area contributed by atoms with Gasteiger partial charge in [-0.2, -0.15) is 5.26 Å². The molecule has 1 aliphatic carbocycles. The Kier molecular flexibility index (Phi) is 6.68. The topological polar surface area (TPSA) is 65.4 Å². The molecule has 0 bridgehead atoms. The molecule has 0 radical (unpaired) electrons. The summed E-state index contributed by atoms with van der Waals surface area (Å²) in [6.07, 6.45) is 7.10. The highest BCUT2D eigenvalue weighted by atomic mass is 16.5. The number of carbonyl (C=O) groups excluding carboxylic acids is 1. The van der Waals surface area contributed by atoms with Crippen LogP contribution in [0.15, 0.2) is 36.0 Å². The smallest absolute Gasteiger partial charge is 0.265 e. The Morgan fingerprint density at radius 3 is 2.75 bits per heavy atom. The van der Waals surface area contributed by atoms with Crippen LogP contribution < -0.4 is 10.1 Å². The van der Waals surface area contributed by atoms with E-state index < -0.39 is 0 Å². The Labute approximate surface area is 143 Å². The fourth-order valence-corrected chi connectivity index (χ4v) is 3.08. The minimum atomic E-state index is -0.211. The Balaban J connectivity index is 1.98. The highest BCUT2D eigenvalue weighted by molar-refractivity contribution is 5.97. The quantitative estimate of drug-likeness (QED) is 0.644. The summed E-state index contributed by atoms with van der Waals surface area (Å²) in [5, 5.41) is 12.4. The van der Waals surface area contributed by atoms with Gasteiger partial charge < -0.3 is 15.0 Å². The highest BCUT2D eigenvalue weighted by Crippen LogP contribution is 2.22. The molecule has 5 heteroatoms. The van der Waals surface area contributed by atoms with Gasteiger partial charge in [0.2, 0.25) is 0 Å². The Bertz CT molecular complexity index is 628. The van der Waals surface area contributed by atoms with Crippen molar-refractivity contribution in [1.29, 1.82) is 5.26 Å². The van der Waals surface area contributed by atoms with E-state index in [2.05, 4.69) is 5.32 Å². The molecular formula is C19H25N3O2. The predicted molar refractivity (Wildman–Crippen MR) is 93.2 cm³/mol. The summed E-state index contributed by atoms with van der Waals surface area (Å²) < 4.78 is 5.29. The average Bonchev–Trinajstić information content (AvgIpc) is 2.65. The number of nitrogens with one attached hydrogen (secondary N) is 1. The number of amides is 1. The molecule has 0 aliphatic heterocycles. The van der Waals surface area contributed by atoms with Gasteiger partial charge in [0, 0.05) is 31.4 Å². The second-order valence-electron chi connectivity index (χ2n) is 6.07. The second-order valence-corrected chi connectivity index (χ2v) is 6.07. The molecule has 1 saturated carbocycles. The van der Waals surface area contributed by atoms with E-state index in [-0.39, 0.29) is 17.5 Å². The second kappa shape index (κ2) is 8.97.